The summed E-state index contributed by atoms with van der Waals surface area (Å²) in [5, 5.41) is 0. The van der Waals surface area contributed by atoms with Gasteiger partial charge in [0.1, 0.15) is 0 Å². The molecule has 0 spiro atoms. The predicted molar refractivity (Wildman–Crippen MR) is 101 cm³/mol. The molecule has 4 nitrogen and oxygen atoms in total. The molecule has 0 saturated heterocycles. The number of carbonyl (C=O) groups excluding carboxylic acids is 2. The number of benzene rings is 1. The molecule has 1 aromatic carbocycles. The lowest BCUT2D eigenvalue weighted by Crippen LogP contribution is -2.49. The van der Waals surface area contributed by atoms with Crippen LogP contribution in [-0.4, -0.2) is 24.5 Å². The summed E-state index contributed by atoms with van der Waals surface area (Å²) in [4.78, 5) is 27.4. The van der Waals surface area contributed by atoms with Gasteiger partial charge in [-0.2, -0.15) is 0 Å². The Bertz CT molecular complexity index is 643. The molecule has 1 atom stereocenters. The normalized spacial score (nSPS) is 32.9. The Kier molecular flexibility index (Phi) is 4.76. The number of esters is 1. The fourth-order valence-corrected chi connectivity index (χ4v) is 5.91. The van der Waals surface area contributed by atoms with Crippen LogP contribution in [0.3, 0.4) is 0 Å². The van der Waals surface area contributed by atoms with Gasteiger partial charge in [0.05, 0.1) is 5.92 Å². The van der Waals surface area contributed by atoms with Crippen LogP contribution >= 0.6 is 0 Å². The van der Waals surface area contributed by atoms with Gasteiger partial charge in [0.15, 0.2) is 6.10 Å². The molecule has 4 aliphatic carbocycles. The van der Waals surface area contributed by atoms with Crippen molar-refractivity contribution in [1.29, 1.82) is 0 Å². The molecule has 1 amide bonds. The largest absolute Gasteiger partial charge is 0.452 e. The Morgan fingerprint density at radius 3 is 2.15 bits per heavy atom. The van der Waals surface area contributed by atoms with Gasteiger partial charge >= 0.3 is 5.97 Å². The van der Waals surface area contributed by atoms with Crippen LogP contribution in [0, 0.1) is 29.6 Å². The van der Waals surface area contributed by atoms with Crippen molar-refractivity contribution in [1.82, 2.24) is 0 Å². The van der Waals surface area contributed by atoms with E-state index < -0.39 is 6.10 Å². The number of ether oxygens (including phenoxy) is 1. The van der Waals surface area contributed by atoms with Crippen molar-refractivity contribution < 1.29 is 14.3 Å². The van der Waals surface area contributed by atoms with Gasteiger partial charge in [-0.05, 0) is 81.8 Å². The highest BCUT2D eigenvalue weighted by Crippen LogP contribution is 2.56. The summed E-state index contributed by atoms with van der Waals surface area (Å²) in [7, 11) is 0. The zero-order chi connectivity index (χ0) is 18.3. The maximum atomic E-state index is 12.9. The van der Waals surface area contributed by atoms with Crippen LogP contribution in [-0.2, 0) is 14.3 Å². The van der Waals surface area contributed by atoms with E-state index in [9.17, 15) is 9.59 Å². The van der Waals surface area contributed by atoms with E-state index in [1.54, 1.807) is 11.8 Å². The van der Waals surface area contributed by atoms with E-state index in [4.69, 9.17) is 4.74 Å². The Hall–Kier alpha value is -1.84. The quantitative estimate of drug-likeness (QED) is 0.749. The first-order valence-electron chi connectivity index (χ1n) is 10.1. The van der Waals surface area contributed by atoms with Crippen molar-refractivity contribution in [3.8, 4) is 0 Å². The van der Waals surface area contributed by atoms with Gasteiger partial charge in [-0.15, -0.1) is 0 Å². The zero-order valence-electron chi connectivity index (χ0n) is 15.8. The van der Waals surface area contributed by atoms with Gasteiger partial charge in [-0.1, -0.05) is 18.2 Å². The van der Waals surface area contributed by atoms with E-state index in [-0.39, 0.29) is 17.8 Å². The molecule has 0 N–H and O–H groups in total. The minimum atomic E-state index is -0.736. The van der Waals surface area contributed by atoms with E-state index in [1.807, 2.05) is 37.3 Å². The minimum absolute atomic E-state index is 0.0184. The number of carbonyl (C=O) groups is 2. The van der Waals surface area contributed by atoms with Gasteiger partial charge in [-0.3, -0.25) is 9.59 Å². The standard InChI is InChI=1S/C22H29NO3/c1-3-23(19-7-5-4-6-8-19)21(24)14(2)26-22(25)20-17-10-15-9-16(12-17)13-18(20)11-15/h4-8,14-18,20H,3,9-13H2,1-2H3/t14-,15?,16?,17?,18?,20?/m0/s1. The van der Waals surface area contributed by atoms with Crippen LogP contribution in [0.1, 0.15) is 46.0 Å². The molecule has 140 valence electrons. The Morgan fingerprint density at radius 1 is 1.04 bits per heavy atom. The first kappa shape index (κ1) is 17.6. The highest BCUT2D eigenvalue weighted by Gasteiger charge is 2.51. The number of nitrogens with zero attached hydrogens (tertiary/aromatic N) is 1. The number of rotatable bonds is 5. The zero-order valence-corrected chi connectivity index (χ0v) is 15.8. The summed E-state index contributed by atoms with van der Waals surface area (Å²) in [5.74, 6) is 2.36. The van der Waals surface area contributed by atoms with Crippen LogP contribution in [0.4, 0.5) is 5.69 Å². The molecule has 26 heavy (non-hydrogen) atoms. The fourth-order valence-electron chi connectivity index (χ4n) is 5.91. The molecule has 4 heteroatoms. The molecule has 0 heterocycles. The van der Waals surface area contributed by atoms with Gasteiger partial charge in [0.25, 0.3) is 5.91 Å². The van der Waals surface area contributed by atoms with E-state index in [0.29, 0.717) is 18.4 Å². The van der Waals surface area contributed by atoms with Crippen molar-refractivity contribution in [3.63, 3.8) is 0 Å². The second kappa shape index (κ2) is 7.05. The summed E-state index contributed by atoms with van der Waals surface area (Å²) >= 11 is 0. The Morgan fingerprint density at radius 2 is 1.62 bits per heavy atom. The lowest BCUT2D eigenvalue weighted by atomic mass is 9.52. The SMILES string of the molecule is CCN(C(=O)[C@H](C)OC(=O)C1C2CC3CC(C2)CC1C3)c1ccccc1. The number of likely N-dealkylation sites (N-methyl/N-ethyl adjacent to an activating group) is 1. The number of amides is 1. The lowest BCUT2D eigenvalue weighted by molar-refractivity contribution is -0.169. The first-order valence-corrected chi connectivity index (χ1v) is 10.1. The summed E-state index contributed by atoms with van der Waals surface area (Å²) in [5.41, 5.74) is 0.845. The van der Waals surface area contributed by atoms with E-state index in [0.717, 1.165) is 17.5 Å². The molecule has 4 bridgehead atoms. The molecule has 0 aliphatic heterocycles. The van der Waals surface area contributed by atoms with Gasteiger partial charge < -0.3 is 9.64 Å². The monoisotopic (exact) mass is 355 g/mol. The average Bonchev–Trinajstić information content (AvgIpc) is 2.62. The lowest BCUT2D eigenvalue weighted by Gasteiger charge is -2.53. The molecule has 0 radical (unpaired) electrons. The third-order valence-electron chi connectivity index (χ3n) is 6.79. The maximum absolute atomic E-state index is 12.9. The maximum Gasteiger partial charge on any atom is 0.310 e. The van der Waals surface area contributed by atoms with E-state index in [1.165, 1.54) is 32.1 Å². The highest BCUT2D eigenvalue weighted by atomic mass is 16.5. The van der Waals surface area contributed by atoms with E-state index in [2.05, 4.69) is 0 Å². The third kappa shape index (κ3) is 3.15. The smallest absolute Gasteiger partial charge is 0.310 e. The minimum Gasteiger partial charge on any atom is -0.452 e. The molecule has 0 unspecified atom stereocenters. The molecule has 0 aromatic heterocycles. The number of hydrogen-bond acceptors (Lipinski definition) is 3. The summed E-state index contributed by atoms with van der Waals surface area (Å²) in [6, 6.07) is 9.58. The van der Waals surface area contributed by atoms with Crippen molar-refractivity contribution in [3.05, 3.63) is 30.3 Å². The number of para-hydroxylation sites is 1. The van der Waals surface area contributed by atoms with Crippen LogP contribution < -0.4 is 4.90 Å². The molecular weight excluding hydrogens is 326 g/mol. The molecule has 1 aromatic rings. The molecular formula is C22H29NO3. The Labute approximate surface area is 155 Å². The first-order chi connectivity index (χ1) is 12.6. The summed E-state index contributed by atoms with van der Waals surface area (Å²) in [6.45, 7) is 4.21. The summed E-state index contributed by atoms with van der Waals surface area (Å²) < 4.78 is 5.71. The second-order valence-corrected chi connectivity index (χ2v) is 8.45. The molecule has 4 saturated carbocycles. The van der Waals surface area contributed by atoms with Crippen LogP contribution in [0.2, 0.25) is 0 Å². The number of hydrogen-bond donors (Lipinski definition) is 0. The molecule has 5 rings (SSSR count). The second-order valence-electron chi connectivity index (χ2n) is 8.45. The topological polar surface area (TPSA) is 46.6 Å². The molecule has 4 fully saturated rings. The Balaban J connectivity index is 1.42. The highest BCUT2D eigenvalue weighted by molar-refractivity contribution is 5.97. The van der Waals surface area contributed by atoms with Crippen molar-refractivity contribution >= 4 is 17.6 Å². The number of anilines is 1. The van der Waals surface area contributed by atoms with Crippen molar-refractivity contribution in [2.45, 2.75) is 52.1 Å². The third-order valence-corrected chi connectivity index (χ3v) is 6.79. The molecule has 4 aliphatic rings. The van der Waals surface area contributed by atoms with Crippen molar-refractivity contribution in [2.75, 3.05) is 11.4 Å². The van der Waals surface area contributed by atoms with Crippen LogP contribution in [0.25, 0.3) is 0 Å². The van der Waals surface area contributed by atoms with Gasteiger partial charge in [0, 0.05) is 12.2 Å². The van der Waals surface area contributed by atoms with Crippen molar-refractivity contribution in [2.24, 2.45) is 29.6 Å². The van der Waals surface area contributed by atoms with Crippen LogP contribution in [0.5, 0.6) is 0 Å². The predicted octanol–water partition coefficient (Wildman–Crippen LogP) is 4.04. The average molecular weight is 355 g/mol. The van der Waals surface area contributed by atoms with E-state index >= 15 is 0 Å². The van der Waals surface area contributed by atoms with Gasteiger partial charge in [-0.25, -0.2) is 0 Å². The summed E-state index contributed by atoms with van der Waals surface area (Å²) in [6.07, 6.45) is 5.35. The van der Waals surface area contributed by atoms with Gasteiger partial charge in [0.2, 0.25) is 0 Å². The van der Waals surface area contributed by atoms with Crippen LogP contribution in [0.15, 0.2) is 30.3 Å². The fraction of sp³-hybridized carbons (Fsp3) is 0.636.